The van der Waals surface area contributed by atoms with Gasteiger partial charge in [0.15, 0.2) is 0 Å². The van der Waals surface area contributed by atoms with E-state index in [2.05, 4.69) is 16.0 Å². The van der Waals surface area contributed by atoms with Crippen LogP contribution in [0.25, 0.3) is 10.8 Å². The second-order valence-electron chi connectivity index (χ2n) is 11.2. The molecule has 218 valence electrons. The highest BCUT2D eigenvalue weighted by Crippen LogP contribution is 2.20. The Balaban J connectivity index is 1.81. The summed E-state index contributed by atoms with van der Waals surface area (Å²) < 4.78 is 5.41. The van der Waals surface area contributed by atoms with Gasteiger partial charge in [0, 0.05) is 6.42 Å². The quantitative estimate of drug-likeness (QED) is 0.242. The molecule has 0 radical (unpaired) electrons. The molecule has 0 fully saturated rings. The van der Waals surface area contributed by atoms with E-state index in [9.17, 15) is 19.2 Å². The molecule has 0 saturated heterocycles. The van der Waals surface area contributed by atoms with Crippen LogP contribution in [0.1, 0.15) is 51.7 Å². The van der Waals surface area contributed by atoms with Crippen molar-refractivity contribution in [2.24, 2.45) is 11.8 Å². The molecule has 0 aliphatic rings. The number of amides is 3. The molecule has 0 unspecified atom stereocenters. The van der Waals surface area contributed by atoms with E-state index in [1.54, 1.807) is 0 Å². The standard InChI is InChI=1S/C33H41N3O5/c1-22(2)17-27(20-37)34-31(38)29(18-23(3)4)35-32(39)30(36-33(40)41-21-24-11-6-5-7-12-24)19-26-15-10-14-25-13-8-9-16-28(25)26/h5-16,20,22-23,27,29-30H,17-19,21H2,1-4H3,(H,34,38)(H,35,39)(H,36,40)/t27-,29-,30-/m0/s1. The van der Waals surface area contributed by atoms with Crippen LogP contribution in [0.4, 0.5) is 4.79 Å². The number of hydrogen-bond acceptors (Lipinski definition) is 5. The lowest BCUT2D eigenvalue weighted by Gasteiger charge is -2.26. The molecular weight excluding hydrogens is 518 g/mol. The minimum atomic E-state index is -1.01. The largest absolute Gasteiger partial charge is 0.445 e. The maximum absolute atomic E-state index is 13.7. The smallest absolute Gasteiger partial charge is 0.408 e. The van der Waals surface area contributed by atoms with E-state index in [-0.39, 0.29) is 24.9 Å². The van der Waals surface area contributed by atoms with Gasteiger partial charge in [0.1, 0.15) is 25.0 Å². The van der Waals surface area contributed by atoms with Crippen LogP contribution < -0.4 is 16.0 Å². The first-order valence-corrected chi connectivity index (χ1v) is 14.2. The van der Waals surface area contributed by atoms with Gasteiger partial charge in [-0.05, 0) is 46.6 Å². The number of fused-ring (bicyclic) bond motifs is 1. The Morgan fingerprint density at radius 3 is 2.05 bits per heavy atom. The molecule has 3 aromatic rings. The number of carbonyl (C=O) groups excluding carboxylic acids is 4. The minimum Gasteiger partial charge on any atom is -0.445 e. The zero-order valence-corrected chi connectivity index (χ0v) is 24.3. The van der Waals surface area contributed by atoms with Crippen LogP contribution in [0.15, 0.2) is 72.8 Å². The van der Waals surface area contributed by atoms with Gasteiger partial charge in [0.25, 0.3) is 0 Å². The highest BCUT2D eigenvalue weighted by atomic mass is 16.5. The third-order valence-corrected chi connectivity index (χ3v) is 6.68. The summed E-state index contributed by atoms with van der Waals surface area (Å²) in [5, 5.41) is 10.3. The van der Waals surface area contributed by atoms with Gasteiger partial charge < -0.3 is 25.5 Å². The number of benzene rings is 3. The summed E-state index contributed by atoms with van der Waals surface area (Å²) >= 11 is 0. The Labute approximate surface area is 242 Å². The second kappa shape index (κ2) is 15.6. The SMILES string of the molecule is CC(C)C[C@@H](C=O)NC(=O)[C@H](CC(C)C)NC(=O)[C@H](Cc1cccc2ccccc12)NC(=O)OCc1ccccc1. The van der Waals surface area contributed by atoms with E-state index >= 15 is 0 Å². The summed E-state index contributed by atoms with van der Waals surface area (Å²) in [6, 6.07) is 20.3. The van der Waals surface area contributed by atoms with Gasteiger partial charge in [-0.3, -0.25) is 9.59 Å². The molecule has 3 amide bonds. The summed E-state index contributed by atoms with van der Waals surface area (Å²) in [5.41, 5.74) is 1.69. The predicted octanol–water partition coefficient (Wildman–Crippen LogP) is 4.94. The Morgan fingerprint density at radius 2 is 1.37 bits per heavy atom. The minimum absolute atomic E-state index is 0.0522. The zero-order valence-electron chi connectivity index (χ0n) is 24.3. The van der Waals surface area contributed by atoms with Gasteiger partial charge in [0.05, 0.1) is 6.04 Å². The molecule has 3 aromatic carbocycles. The van der Waals surface area contributed by atoms with E-state index < -0.39 is 36.0 Å². The highest BCUT2D eigenvalue weighted by Gasteiger charge is 2.29. The molecule has 0 aromatic heterocycles. The maximum Gasteiger partial charge on any atom is 0.408 e. The Hall–Kier alpha value is -4.20. The lowest BCUT2D eigenvalue weighted by molar-refractivity contribution is -0.131. The molecule has 0 aliphatic carbocycles. The van der Waals surface area contributed by atoms with Crippen LogP contribution in [0.3, 0.4) is 0 Å². The van der Waals surface area contributed by atoms with Crippen molar-refractivity contribution >= 4 is 35.0 Å². The highest BCUT2D eigenvalue weighted by molar-refractivity contribution is 5.93. The molecule has 0 aliphatic heterocycles. The van der Waals surface area contributed by atoms with Crippen LogP contribution in [0, 0.1) is 11.8 Å². The predicted molar refractivity (Wildman–Crippen MR) is 160 cm³/mol. The molecule has 0 heterocycles. The Bertz CT molecular complexity index is 1300. The van der Waals surface area contributed by atoms with Crippen LogP contribution in [0.2, 0.25) is 0 Å². The van der Waals surface area contributed by atoms with Crippen molar-refractivity contribution in [1.29, 1.82) is 0 Å². The van der Waals surface area contributed by atoms with E-state index in [1.807, 2.05) is 100 Å². The molecule has 0 spiro atoms. The summed E-state index contributed by atoms with van der Waals surface area (Å²) in [4.78, 5) is 51.3. The monoisotopic (exact) mass is 559 g/mol. The topological polar surface area (TPSA) is 114 Å². The summed E-state index contributed by atoms with van der Waals surface area (Å²) in [6.45, 7) is 7.89. The number of aldehydes is 1. The molecule has 0 saturated carbocycles. The molecule has 0 bridgehead atoms. The third-order valence-electron chi connectivity index (χ3n) is 6.68. The molecule has 3 atom stereocenters. The summed E-state index contributed by atoms with van der Waals surface area (Å²) in [5.74, 6) is -0.645. The van der Waals surface area contributed by atoms with Crippen LogP contribution in [0.5, 0.6) is 0 Å². The molecular formula is C33H41N3O5. The zero-order chi connectivity index (χ0) is 29.8. The van der Waals surface area contributed by atoms with Gasteiger partial charge >= 0.3 is 6.09 Å². The van der Waals surface area contributed by atoms with Crippen molar-refractivity contribution in [2.45, 2.75) is 71.7 Å². The Kier molecular flexibility index (Phi) is 11.9. The summed E-state index contributed by atoms with van der Waals surface area (Å²) in [6.07, 6.45) is 1.03. The van der Waals surface area contributed by atoms with Crippen molar-refractivity contribution in [2.75, 3.05) is 0 Å². The van der Waals surface area contributed by atoms with Gasteiger partial charge in [0.2, 0.25) is 11.8 Å². The number of carbonyl (C=O) groups is 4. The molecule has 8 heteroatoms. The average Bonchev–Trinajstić information content (AvgIpc) is 2.95. The number of ether oxygens (including phenoxy) is 1. The van der Waals surface area contributed by atoms with Crippen molar-refractivity contribution < 1.29 is 23.9 Å². The fourth-order valence-corrected chi connectivity index (χ4v) is 4.72. The molecule has 3 rings (SSSR count). The first kappa shape index (κ1) is 31.3. The van der Waals surface area contributed by atoms with Crippen LogP contribution >= 0.6 is 0 Å². The van der Waals surface area contributed by atoms with E-state index in [1.165, 1.54) is 0 Å². The van der Waals surface area contributed by atoms with Crippen LogP contribution in [-0.4, -0.2) is 42.3 Å². The summed E-state index contributed by atoms with van der Waals surface area (Å²) in [7, 11) is 0. The number of alkyl carbamates (subject to hydrolysis) is 1. The van der Waals surface area contributed by atoms with Crippen LogP contribution in [-0.2, 0) is 32.1 Å². The van der Waals surface area contributed by atoms with E-state index in [0.29, 0.717) is 12.8 Å². The maximum atomic E-state index is 13.7. The van der Waals surface area contributed by atoms with Crippen molar-refractivity contribution in [1.82, 2.24) is 16.0 Å². The first-order valence-electron chi connectivity index (χ1n) is 14.2. The fourth-order valence-electron chi connectivity index (χ4n) is 4.72. The second-order valence-corrected chi connectivity index (χ2v) is 11.2. The fraction of sp³-hybridized carbons (Fsp3) is 0.394. The normalized spacial score (nSPS) is 13.3. The van der Waals surface area contributed by atoms with Crippen molar-refractivity contribution in [3.63, 3.8) is 0 Å². The number of nitrogens with one attached hydrogen (secondary N) is 3. The number of hydrogen-bond donors (Lipinski definition) is 3. The lowest BCUT2D eigenvalue weighted by Crippen LogP contribution is -2.56. The third kappa shape index (κ3) is 10.0. The van der Waals surface area contributed by atoms with Gasteiger partial charge in [-0.15, -0.1) is 0 Å². The number of rotatable bonds is 14. The molecule has 3 N–H and O–H groups in total. The van der Waals surface area contributed by atoms with Crippen molar-refractivity contribution in [3.05, 3.63) is 83.9 Å². The lowest BCUT2D eigenvalue weighted by atomic mass is 9.97. The van der Waals surface area contributed by atoms with Gasteiger partial charge in [-0.25, -0.2) is 4.79 Å². The average molecular weight is 560 g/mol. The van der Waals surface area contributed by atoms with Gasteiger partial charge in [-0.2, -0.15) is 0 Å². The Morgan fingerprint density at radius 1 is 0.732 bits per heavy atom. The van der Waals surface area contributed by atoms with E-state index in [0.717, 1.165) is 28.2 Å². The van der Waals surface area contributed by atoms with Crippen molar-refractivity contribution in [3.8, 4) is 0 Å². The molecule has 41 heavy (non-hydrogen) atoms. The first-order chi connectivity index (χ1) is 19.7. The van der Waals surface area contributed by atoms with E-state index in [4.69, 9.17) is 4.74 Å². The van der Waals surface area contributed by atoms with Gasteiger partial charge in [-0.1, -0.05) is 100 Å². The molecule has 8 nitrogen and oxygen atoms in total.